The maximum atomic E-state index is 12.1. The van der Waals surface area contributed by atoms with E-state index in [1.165, 1.54) is 0 Å². The van der Waals surface area contributed by atoms with E-state index in [-0.39, 0.29) is 5.91 Å². The molecular weight excluding hydrogens is 252 g/mol. The van der Waals surface area contributed by atoms with E-state index < -0.39 is 0 Å². The molecule has 0 aliphatic heterocycles. The minimum atomic E-state index is -0.0825. The predicted octanol–water partition coefficient (Wildman–Crippen LogP) is 2.47. The number of carbonyl (C=O) groups is 1. The van der Waals surface area contributed by atoms with Gasteiger partial charge in [-0.1, -0.05) is 6.92 Å². The van der Waals surface area contributed by atoms with Crippen LogP contribution >= 0.6 is 0 Å². The first-order valence-corrected chi connectivity index (χ1v) is 6.81. The summed E-state index contributed by atoms with van der Waals surface area (Å²) in [6, 6.07) is 5.78. The standard InChI is InChI=1S/C15H20N4O/c1-3-6-16-12-4-5-13(11(2)9-12)15(20)19-10-14-17-7-8-18-14/h4-5,7-9,16H,3,6,10H2,1-2H3,(H,17,18)(H,19,20). The number of imidazole rings is 1. The minimum Gasteiger partial charge on any atom is -0.385 e. The van der Waals surface area contributed by atoms with Crippen LogP contribution in [0.4, 0.5) is 5.69 Å². The number of carbonyl (C=O) groups excluding carboxylic acids is 1. The van der Waals surface area contributed by atoms with Crippen LogP contribution in [0, 0.1) is 6.92 Å². The second kappa shape index (κ2) is 6.75. The van der Waals surface area contributed by atoms with Crippen molar-refractivity contribution in [2.75, 3.05) is 11.9 Å². The first-order chi connectivity index (χ1) is 9.70. The molecular formula is C15H20N4O. The van der Waals surface area contributed by atoms with Crippen LogP contribution < -0.4 is 10.6 Å². The van der Waals surface area contributed by atoms with Crippen molar-refractivity contribution < 1.29 is 4.79 Å². The van der Waals surface area contributed by atoms with E-state index in [0.29, 0.717) is 12.1 Å². The van der Waals surface area contributed by atoms with Crippen LogP contribution in [0.2, 0.25) is 0 Å². The topological polar surface area (TPSA) is 69.8 Å². The molecule has 5 heteroatoms. The lowest BCUT2D eigenvalue weighted by Gasteiger charge is -2.10. The Labute approximate surface area is 118 Å². The van der Waals surface area contributed by atoms with Gasteiger partial charge in [-0.05, 0) is 37.1 Å². The van der Waals surface area contributed by atoms with Crippen molar-refractivity contribution in [3.05, 3.63) is 47.5 Å². The highest BCUT2D eigenvalue weighted by atomic mass is 16.1. The van der Waals surface area contributed by atoms with Crippen LogP contribution in [0.5, 0.6) is 0 Å². The van der Waals surface area contributed by atoms with Crippen LogP contribution in [0.15, 0.2) is 30.6 Å². The molecule has 0 fully saturated rings. The fourth-order valence-electron chi connectivity index (χ4n) is 1.95. The molecule has 2 rings (SSSR count). The summed E-state index contributed by atoms with van der Waals surface area (Å²) >= 11 is 0. The quantitative estimate of drug-likeness (QED) is 0.756. The Balaban J connectivity index is 1.98. The van der Waals surface area contributed by atoms with Crippen molar-refractivity contribution in [1.29, 1.82) is 0 Å². The average molecular weight is 272 g/mol. The predicted molar refractivity (Wildman–Crippen MR) is 79.7 cm³/mol. The second-order valence-electron chi connectivity index (χ2n) is 4.68. The maximum Gasteiger partial charge on any atom is 0.251 e. The van der Waals surface area contributed by atoms with Gasteiger partial charge in [-0.15, -0.1) is 0 Å². The number of H-pyrrole nitrogens is 1. The molecule has 0 aliphatic rings. The van der Waals surface area contributed by atoms with Crippen LogP contribution in [0.3, 0.4) is 0 Å². The molecule has 20 heavy (non-hydrogen) atoms. The van der Waals surface area contributed by atoms with Crippen molar-refractivity contribution in [3.8, 4) is 0 Å². The largest absolute Gasteiger partial charge is 0.385 e. The lowest BCUT2D eigenvalue weighted by atomic mass is 10.1. The van der Waals surface area contributed by atoms with E-state index in [9.17, 15) is 4.79 Å². The summed E-state index contributed by atoms with van der Waals surface area (Å²) in [6.07, 6.45) is 4.48. The van der Waals surface area contributed by atoms with Gasteiger partial charge in [0, 0.05) is 30.2 Å². The molecule has 0 radical (unpaired) electrons. The monoisotopic (exact) mass is 272 g/mol. The number of aromatic amines is 1. The third-order valence-corrected chi connectivity index (χ3v) is 3.02. The smallest absolute Gasteiger partial charge is 0.251 e. The molecule has 5 nitrogen and oxygen atoms in total. The summed E-state index contributed by atoms with van der Waals surface area (Å²) in [4.78, 5) is 19.1. The lowest BCUT2D eigenvalue weighted by molar-refractivity contribution is 0.0949. The molecule has 0 saturated heterocycles. The first kappa shape index (κ1) is 14.1. The molecule has 1 amide bonds. The third-order valence-electron chi connectivity index (χ3n) is 3.02. The van der Waals surface area contributed by atoms with E-state index in [0.717, 1.165) is 30.0 Å². The van der Waals surface area contributed by atoms with Gasteiger partial charge < -0.3 is 15.6 Å². The van der Waals surface area contributed by atoms with Gasteiger partial charge in [-0.25, -0.2) is 4.98 Å². The van der Waals surface area contributed by atoms with E-state index in [2.05, 4.69) is 27.5 Å². The second-order valence-corrected chi connectivity index (χ2v) is 4.68. The molecule has 1 heterocycles. The first-order valence-electron chi connectivity index (χ1n) is 6.81. The number of anilines is 1. The van der Waals surface area contributed by atoms with Gasteiger partial charge in [0.1, 0.15) is 5.82 Å². The summed E-state index contributed by atoms with van der Waals surface area (Å²) in [7, 11) is 0. The lowest BCUT2D eigenvalue weighted by Crippen LogP contribution is -2.24. The summed E-state index contributed by atoms with van der Waals surface area (Å²) in [5.41, 5.74) is 2.70. The van der Waals surface area contributed by atoms with Crippen LogP contribution in [0.25, 0.3) is 0 Å². The molecule has 1 aromatic heterocycles. The Morgan fingerprint density at radius 3 is 2.90 bits per heavy atom. The Kier molecular flexibility index (Phi) is 4.76. The van der Waals surface area contributed by atoms with E-state index >= 15 is 0 Å². The Morgan fingerprint density at radius 1 is 1.40 bits per heavy atom. The SMILES string of the molecule is CCCNc1ccc(C(=O)NCc2ncc[nH]2)c(C)c1. The summed E-state index contributed by atoms with van der Waals surface area (Å²) < 4.78 is 0. The number of hydrogen-bond acceptors (Lipinski definition) is 3. The van der Waals surface area contributed by atoms with E-state index in [1.807, 2.05) is 25.1 Å². The Morgan fingerprint density at radius 2 is 2.25 bits per heavy atom. The zero-order chi connectivity index (χ0) is 14.4. The highest BCUT2D eigenvalue weighted by molar-refractivity contribution is 5.95. The summed E-state index contributed by atoms with van der Waals surface area (Å²) in [5.74, 6) is 0.665. The Hall–Kier alpha value is -2.30. The van der Waals surface area contributed by atoms with Gasteiger partial charge in [0.15, 0.2) is 0 Å². The van der Waals surface area contributed by atoms with Gasteiger partial charge in [-0.2, -0.15) is 0 Å². The minimum absolute atomic E-state index is 0.0825. The van der Waals surface area contributed by atoms with Gasteiger partial charge in [0.25, 0.3) is 5.91 Å². The average Bonchev–Trinajstić information content (AvgIpc) is 2.96. The fourth-order valence-corrected chi connectivity index (χ4v) is 1.95. The number of amides is 1. The molecule has 2 aromatic rings. The Bertz CT molecular complexity index is 563. The van der Waals surface area contributed by atoms with Gasteiger partial charge in [0.2, 0.25) is 0 Å². The number of nitrogens with one attached hydrogen (secondary N) is 3. The van der Waals surface area contributed by atoms with E-state index in [1.54, 1.807) is 12.4 Å². The molecule has 1 aromatic carbocycles. The molecule has 3 N–H and O–H groups in total. The number of nitrogens with zero attached hydrogens (tertiary/aromatic N) is 1. The zero-order valence-corrected chi connectivity index (χ0v) is 11.9. The van der Waals surface area contributed by atoms with Crippen LogP contribution in [0.1, 0.15) is 35.1 Å². The molecule has 0 spiro atoms. The normalized spacial score (nSPS) is 10.3. The number of hydrogen-bond donors (Lipinski definition) is 3. The number of aromatic nitrogens is 2. The number of benzene rings is 1. The van der Waals surface area contributed by atoms with Crippen LogP contribution in [-0.2, 0) is 6.54 Å². The summed E-state index contributed by atoms with van der Waals surface area (Å²) in [6.45, 7) is 5.40. The van der Waals surface area contributed by atoms with Crippen LogP contribution in [-0.4, -0.2) is 22.4 Å². The number of rotatable bonds is 6. The van der Waals surface area contributed by atoms with Crippen molar-refractivity contribution in [1.82, 2.24) is 15.3 Å². The molecule has 106 valence electrons. The highest BCUT2D eigenvalue weighted by Crippen LogP contribution is 2.15. The molecule has 0 saturated carbocycles. The highest BCUT2D eigenvalue weighted by Gasteiger charge is 2.09. The molecule has 0 bridgehead atoms. The number of aryl methyl sites for hydroxylation is 1. The van der Waals surface area contributed by atoms with Crippen molar-refractivity contribution in [2.24, 2.45) is 0 Å². The zero-order valence-electron chi connectivity index (χ0n) is 11.9. The van der Waals surface area contributed by atoms with Crippen molar-refractivity contribution in [3.63, 3.8) is 0 Å². The maximum absolute atomic E-state index is 12.1. The van der Waals surface area contributed by atoms with Gasteiger partial charge in [-0.3, -0.25) is 4.79 Å². The van der Waals surface area contributed by atoms with Crippen molar-refractivity contribution >= 4 is 11.6 Å². The van der Waals surface area contributed by atoms with Crippen molar-refractivity contribution in [2.45, 2.75) is 26.8 Å². The molecule has 0 atom stereocenters. The van der Waals surface area contributed by atoms with Gasteiger partial charge in [0.05, 0.1) is 6.54 Å². The summed E-state index contributed by atoms with van der Waals surface area (Å²) in [5, 5.41) is 6.16. The van der Waals surface area contributed by atoms with E-state index in [4.69, 9.17) is 0 Å². The fraction of sp³-hybridized carbons (Fsp3) is 0.333. The molecule has 0 aliphatic carbocycles. The molecule has 0 unspecified atom stereocenters. The van der Waals surface area contributed by atoms with Gasteiger partial charge >= 0.3 is 0 Å². The third kappa shape index (κ3) is 3.60.